The van der Waals surface area contributed by atoms with Gasteiger partial charge in [0.05, 0.1) is 32.8 Å². The van der Waals surface area contributed by atoms with Gasteiger partial charge in [0, 0.05) is 6.54 Å². The van der Waals surface area contributed by atoms with E-state index in [2.05, 4.69) is 0 Å². The van der Waals surface area contributed by atoms with Crippen molar-refractivity contribution in [3.05, 3.63) is 29.8 Å². The lowest BCUT2D eigenvalue weighted by molar-refractivity contribution is -0.149. The number of nitrogens with zero attached hydrogens (tertiary/aromatic N) is 1. The van der Waals surface area contributed by atoms with Gasteiger partial charge in [0.2, 0.25) is 5.91 Å². The molecule has 0 radical (unpaired) electrons. The van der Waals surface area contributed by atoms with Crippen LogP contribution in [0.5, 0.6) is 5.75 Å². The smallest absolute Gasteiger partial charge is 0.227 e. The number of hydrogen-bond donors (Lipinski definition) is 0. The molecular formula is C17H23NO4. The molecule has 0 N–H and O–H groups in total. The third-order valence-electron chi connectivity index (χ3n) is 4.35. The minimum absolute atomic E-state index is 0.0574. The van der Waals surface area contributed by atoms with Crippen LogP contribution in [0.3, 0.4) is 0 Å². The fourth-order valence-corrected chi connectivity index (χ4v) is 3.17. The molecule has 0 spiro atoms. The predicted octanol–water partition coefficient (Wildman–Crippen LogP) is 1.99. The Bertz CT molecular complexity index is 496. The van der Waals surface area contributed by atoms with E-state index in [-0.39, 0.29) is 18.2 Å². The molecule has 0 bridgehead atoms. The summed E-state index contributed by atoms with van der Waals surface area (Å²) >= 11 is 0. The van der Waals surface area contributed by atoms with Crippen molar-refractivity contribution in [2.24, 2.45) is 0 Å². The average Bonchev–Trinajstić information content (AvgIpc) is 3.10. The minimum Gasteiger partial charge on any atom is -0.497 e. The van der Waals surface area contributed by atoms with E-state index in [0.29, 0.717) is 19.6 Å². The van der Waals surface area contributed by atoms with Gasteiger partial charge in [-0.1, -0.05) is 12.1 Å². The molecule has 1 unspecified atom stereocenters. The van der Waals surface area contributed by atoms with Gasteiger partial charge < -0.3 is 19.1 Å². The fourth-order valence-electron chi connectivity index (χ4n) is 3.17. The Morgan fingerprint density at radius 3 is 2.64 bits per heavy atom. The number of rotatable bonds is 4. The van der Waals surface area contributed by atoms with Gasteiger partial charge >= 0.3 is 0 Å². The summed E-state index contributed by atoms with van der Waals surface area (Å²) in [6.45, 7) is 2.05. The third kappa shape index (κ3) is 3.42. The van der Waals surface area contributed by atoms with Gasteiger partial charge in [-0.05, 0) is 37.0 Å². The Morgan fingerprint density at radius 2 is 1.95 bits per heavy atom. The monoisotopic (exact) mass is 305 g/mol. The van der Waals surface area contributed by atoms with Crippen molar-refractivity contribution < 1.29 is 19.0 Å². The Morgan fingerprint density at radius 1 is 1.23 bits per heavy atom. The van der Waals surface area contributed by atoms with Crippen LogP contribution in [0.25, 0.3) is 0 Å². The number of ether oxygens (including phenoxy) is 3. The van der Waals surface area contributed by atoms with Crippen molar-refractivity contribution >= 4 is 5.91 Å². The molecule has 0 aliphatic carbocycles. The SMILES string of the molecule is COc1ccc(CC(=O)N2CCCCC2C2OCCO2)cc1. The summed E-state index contributed by atoms with van der Waals surface area (Å²) in [6.07, 6.45) is 3.30. The number of piperidine rings is 1. The molecule has 120 valence electrons. The van der Waals surface area contributed by atoms with Crippen LogP contribution in [0.15, 0.2) is 24.3 Å². The summed E-state index contributed by atoms with van der Waals surface area (Å²) in [5.74, 6) is 0.953. The Labute approximate surface area is 131 Å². The highest BCUT2D eigenvalue weighted by Crippen LogP contribution is 2.25. The first-order chi connectivity index (χ1) is 10.8. The first-order valence-electron chi connectivity index (χ1n) is 7.93. The topological polar surface area (TPSA) is 48.0 Å². The van der Waals surface area contributed by atoms with Crippen molar-refractivity contribution in [1.82, 2.24) is 4.90 Å². The van der Waals surface area contributed by atoms with Crippen LogP contribution >= 0.6 is 0 Å². The van der Waals surface area contributed by atoms with Crippen molar-refractivity contribution in [3.8, 4) is 5.75 Å². The lowest BCUT2D eigenvalue weighted by Gasteiger charge is -2.38. The van der Waals surface area contributed by atoms with Crippen LogP contribution in [0.4, 0.5) is 0 Å². The van der Waals surface area contributed by atoms with Crippen molar-refractivity contribution in [2.45, 2.75) is 38.0 Å². The van der Waals surface area contributed by atoms with E-state index >= 15 is 0 Å². The summed E-state index contributed by atoms with van der Waals surface area (Å²) in [5.41, 5.74) is 1.00. The molecule has 5 heteroatoms. The van der Waals surface area contributed by atoms with E-state index < -0.39 is 0 Å². The number of carbonyl (C=O) groups is 1. The van der Waals surface area contributed by atoms with E-state index in [1.807, 2.05) is 29.2 Å². The molecule has 2 aliphatic rings. The molecule has 2 fully saturated rings. The number of methoxy groups -OCH3 is 1. The number of amides is 1. The van der Waals surface area contributed by atoms with Gasteiger partial charge in [0.25, 0.3) is 0 Å². The van der Waals surface area contributed by atoms with E-state index in [1.54, 1.807) is 7.11 Å². The van der Waals surface area contributed by atoms with Gasteiger partial charge in [0.15, 0.2) is 6.29 Å². The Hall–Kier alpha value is -1.59. The van der Waals surface area contributed by atoms with Gasteiger partial charge in [-0.15, -0.1) is 0 Å². The lowest BCUT2D eigenvalue weighted by Crippen LogP contribution is -2.50. The number of carbonyl (C=O) groups excluding carboxylic acids is 1. The van der Waals surface area contributed by atoms with Gasteiger partial charge in [0.1, 0.15) is 5.75 Å². The molecule has 1 aromatic carbocycles. The quantitative estimate of drug-likeness (QED) is 0.853. The van der Waals surface area contributed by atoms with Crippen LogP contribution in [0.2, 0.25) is 0 Å². The number of likely N-dealkylation sites (tertiary alicyclic amines) is 1. The molecule has 3 rings (SSSR count). The summed E-state index contributed by atoms with van der Waals surface area (Å²) in [6, 6.07) is 7.72. The highest BCUT2D eigenvalue weighted by Gasteiger charge is 2.35. The zero-order valence-corrected chi connectivity index (χ0v) is 13.0. The molecule has 1 aromatic rings. The van der Waals surface area contributed by atoms with Crippen molar-refractivity contribution in [2.75, 3.05) is 26.9 Å². The molecule has 5 nitrogen and oxygen atoms in total. The van der Waals surface area contributed by atoms with Gasteiger partial charge in [-0.3, -0.25) is 4.79 Å². The molecule has 2 heterocycles. The summed E-state index contributed by atoms with van der Waals surface area (Å²) < 4.78 is 16.4. The Kier molecular flexibility index (Phi) is 4.95. The van der Waals surface area contributed by atoms with Crippen LogP contribution < -0.4 is 4.74 Å². The second-order valence-electron chi connectivity index (χ2n) is 5.79. The highest BCUT2D eigenvalue weighted by molar-refractivity contribution is 5.79. The van der Waals surface area contributed by atoms with E-state index in [4.69, 9.17) is 14.2 Å². The maximum Gasteiger partial charge on any atom is 0.227 e. The third-order valence-corrected chi connectivity index (χ3v) is 4.35. The van der Waals surface area contributed by atoms with Crippen molar-refractivity contribution in [3.63, 3.8) is 0 Å². The molecule has 0 aromatic heterocycles. The second-order valence-corrected chi connectivity index (χ2v) is 5.79. The predicted molar refractivity (Wildman–Crippen MR) is 81.7 cm³/mol. The maximum absolute atomic E-state index is 12.7. The summed E-state index contributed by atoms with van der Waals surface area (Å²) in [7, 11) is 1.64. The van der Waals surface area contributed by atoms with Crippen LogP contribution in [0, 0.1) is 0 Å². The standard InChI is InChI=1S/C17H23NO4/c1-20-14-7-5-13(6-8-14)12-16(19)18-9-3-2-4-15(18)17-21-10-11-22-17/h5-8,15,17H,2-4,9-12H2,1H3. The van der Waals surface area contributed by atoms with Crippen LogP contribution in [-0.4, -0.2) is 50.0 Å². The second kappa shape index (κ2) is 7.11. The highest BCUT2D eigenvalue weighted by atomic mass is 16.7. The van der Waals surface area contributed by atoms with E-state index in [1.165, 1.54) is 0 Å². The minimum atomic E-state index is -0.250. The maximum atomic E-state index is 12.7. The lowest BCUT2D eigenvalue weighted by atomic mass is 10.00. The zero-order valence-electron chi connectivity index (χ0n) is 13.0. The summed E-state index contributed by atoms with van der Waals surface area (Å²) in [4.78, 5) is 14.6. The average molecular weight is 305 g/mol. The largest absolute Gasteiger partial charge is 0.497 e. The molecule has 1 amide bonds. The molecule has 1 atom stereocenters. The first kappa shape index (κ1) is 15.3. The molecule has 0 saturated carbocycles. The van der Waals surface area contributed by atoms with E-state index in [0.717, 1.165) is 37.1 Å². The fraction of sp³-hybridized carbons (Fsp3) is 0.588. The van der Waals surface area contributed by atoms with E-state index in [9.17, 15) is 4.79 Å². The molecule has 2 saturated heterocycles. The molecule has 22 heavy (non-hydrogen) atoms. The number of benzene rings is 1. The van der Waals surface area contributed by atoms with Crippen LogP contribution in [0.1, 0.15) is 24.8 Å². The zero-order chi connectivity index (χ0) is 15.4. The molecule has 2 aliphatic heterocycles. The van der Waals surface area contributed by atoms with Crippen LogP contribution in [-0.2, 0) is 20.7 Å². The number of hydrogen-bond acceptors (Lipinski definition) is 4. The normalized spacial score (nSPS) is 22.8. The summed E-state index contributed by atoms with van der Waals surface area (Å²) in [5, 5.41) is 0. The van der Waals surface area contributed by atoms with Gasteiger partial charge in [-0.2, -0.15) is 0 Å². The first-order valence-corrected chi connectivity index (χ1v) is 7.93. The Balaban J connectivity index is 1.65. The molecular weight excluding hydrogens is 282 g/mol. The van der Waals surface area contributed by atoms with Crippen molar-refractivity contribution in [1.29, 1.82) is 0 Å². The van der Waals surface area contributed by atoms with Gasteiger partial charge in [-0.25, -0.2) is 0 Å².